The van der Waals surface area contributed by atoms with Crippen LogP contribution in [0.2, 0.25) is 0 Å². The van der Waals surface area contributed by atoms with Crippen LogP contribution in [0.5, 0.6) is 5.75 Å². The van der Waals surface area contributed by atoms with Crippen molar-refractivity contribution < 1.29 is 18.7 Å². The quantitative estimate of drug-likeness (QED) is 0.891. The van der Waals surface area contributed by atoms with Gasteiger partial charge < -0.3 is 20.3 Å². The Bertz CT molecular complexity index is 793. The summed E-state index contributed by atoms with van der Waals surface area (Å²) in [4.78, 5) is 25.6. The first-order valence-electron chi connectivity index (χ1n) is 7.83. The lowest BCUT2D eigenvalue weighted by atomic mass is 10.2. The molecule has 1 fully saturated rings. The molecule has 0 aliphatic carbocycles. The number of ether oxygens (including phenoxy) is 1. The molecule has 0 spiro atoms. The molecule has 6 nitrogen and oxygen atoms in total. The number of halogens is 1. The van der Waals surface area contributed by atoms with E-state index in [9.17, 15) is 14.0 Å². The van der Waals surface area contributed by atoms with Gasteiger partial charge >= 0.3 is 0 Å². The third-order valence-corrected chi connectivity index (χ3v) is 3.94. The first-order chi connectivity index (χ1) is 12.1. The molecule has 1 saturated heterocycles. The number of benzene rings is 2. The number of piperazine rings is 1. The summed E-state index contributed by atoms with van der Waals surface area (Å²) in [5, 5.41) is 5.49. The molecule has 7 heteroatoms. The summed E-state index contributed by atoms with van der Waals surface area (Å²) in [5.74, 6) is -0.919. The minimum atomic E-state index is -0.589. The number of hydrogen-bond donors (Lipinski definition) is 2. The molecule has 0 aromatic heterocycles. The molecule has 0 unspecified atom stereocenters. The SMILES string of the molecule is COc1ccc(C(=O)Nc2ccc(N3CCNC(=O)C3)cc2)cc1F. The monoisotopic (exact) mass is 343 g/mol. The minimum absolute atomic E-state index is 0.00911. The van der Waals surface area contributed by atoms with Crippen LogP contribution in [0.1, 0.15) is 10.4 Å². The maximum Gasteiger partial charge on any atom is 0.255 e. The van der Waals surface area contributed by atoms with E-state index >= 15 is 0 Å². The lowest BCUT2D eigenvalue weighted by Crippen LogP contribution is -2.47. The van der Waals surface area contributed by atoms with Crippen LogP contribution in [0.4, 0.5) is 15.8 Å². The summed E-state index contributed by atoms with van der Waals surface area (Å²) >= 11 is 0. The Hall–Kier alpha value is -3.09. The fourth-order valence-electron chi connectivity index (χ4n) is 2.63. The highest BCUT2D eigenvalue weighted by Gasteiger charge is 2.16. The Morgan fingerprint density at radius 1 is 1.24 bits per heavy atom. The smallest absolute Gasteiger partial charge is 0.255 e. The Balaban J connectivity index is 1.67. The van der Waals surface area contributed by atoms with Gasteiger partial charge in [-0.3, -0.25) is 9.59 Å². The zero-order valence-corrected chi connectivity index (χ0v) is 13.7. The number of nitrogens with one attached hydrogen (secondary N) is 2. The van der Waals surface area contributed by atoms with Crippen LogP contribution >= 0.6 is 0 Å². The van der Waals surface area contributed by atoms with Crippen molar-refractivity contribution in [3.8, 4) is 5.75 Å². The summed E-state index contributed by atoms with van der Waals surface area (Å²) in [6.45, 7) is 1.67. The van der Waals surface area contributed by atoms with Crippen molar-refractivity contribution in [2.75, 3.05) is 37.0 Å². The van der Waals surface area contributed by atoms with Gasteiger partial charge in [0.2, 0.25) is 5.91 Å². The van der Waals surface area contributed by atoms with E-state index < -0.39 is 11.7 Å². The van der Waals surface area contributed by atoms with Gasteiger partial charge in [-0.1, -0.05) is 0 Å². The zero-order chi connectivity index (χ0) is 17.8. The number of carbonyl (C=O) groups is 2. The molecule has 0 bridgehead atoms. The average Bonchev–Trinajstić information content (AvgIpc) is 2.62. The molecule has 0 radical (unpaired) electrons. The summed E-state index contributed by atoms with van der Waals surface area (Å²) in [5.41, 5.74) is 1.70. The highest BCUT2D eigenvalue weighted by atomic mass is 19.1. The highest BCUT2D eigenvalue weighted by Crippen LogP contribution is 2.21. The Labute approximate surface area is 144 Å². The normalized spacial score (nSPS) is 14.0. The second-order valence-electron chi connectivity index (χ2n) is 5.62. The third-order valence-electron chi connectivity index (χ3n) is 3.94. The zero-order valence-electron chi connectivity index (χ0n) is 13.7. The molecular formula is C18H18FN3O3. The summed E-state index contributed by atoms with van der Waals surface area (Å²) in [6.07, 6.45) is 0. The van der Waals surface area contributed by atoms with E-state index in [0.717, 1.165) is 18.3 Å². The predicted molar refractivity (Wildman–Crippen MR) is 92.6 cm³/mol. The van der Waals surface area contributed by atoms with E-state index in [0.29, 0.717) is 18.8 Å². The maximum absolute atomic E-state index is 13.7. The van der Waals surface area contributed by atoms with E-state index in [-0.39, 0.29) is 17.2 Å². The lowest BCUT2D eigenvalue weighted by Gasteiger charge is -2.28. The van der Waals surface area contributed by atoms with Gasteiger partial charge in [0.1, 0.15) is 0 Å². The summed E-state index contributed by atoms with van der Waals surface area (Å²) < 4.78 is 18.5. The van der Waals surface area contributed by atoms with Crippen molar-refractivity contribution in [3.05, 3.63) is 53.8 Å². The summed E-state index contributed by atoms with van der Waals surface area (Å²) in [7, 11) is 1.37. The Kier molecular flexibility index (Phi) is 4.83. The molecule has 25 heavy (non-hydrogen) atoms. The largest absolute Gasteiger partial charge is 0.494 e. The van der Waals surface area contributed by atoms with Gasteiger partial charge in [-0.25, -0.2) is 4.39 Å². The number of anilines is 2. The van der Waals surface area contributed by atoms with Gasteiger partial charge in [0, 0.05) is 30.0 Å². The van der Waals surface area contributed by atoms with Crippen molar-refractivity contribution in [2.24, 2.45) is 0 Å². The Morgan fingerprint density at radius 3 is 2.64 bits per heavy atom. The van der Waals surface area contributed by atoms with Crippen LogP contribution in [0, 0.1) is 5.82 Å². The lowest BCUT2D eigenvalue weighted by molar-refractivity contribution is -0.120. The minimum Gasteiger partial charge on any atom is -0.494 e. The van der Waals surface area contributed by atoms with Crippen LogP contribution in [-0.2, 0) is 4.79 Å². The Morgan fingerprint density at radius 2 is 2.00 bits per heavy atom. The van der Waals surface area contributed by atoms with E-state index in [1.807, 2.05) is 17.0 Å². The number of carbonyl (C=O) groups excluding carboxylic acids is 2. The van der Waals surface area contributed by atoms with Gasteiger partial charge in [-0.15, -0.1) is 0 Å². The number of nitrogens with zero attached hydrogens (tertiary/aromatic N) is 1. The van der Waals surface area contributed by atoms with E-state index in [1.165, 1.54) is 19.2 Å². The van der Waals surface area contributed by atoms with E-state index in [4.69, 9.17) is 4.74 Å². The number of methoxy groups -OCH3 is 1. The van der Waals surface area contributed by atoms with Gasteiger partial charge in [-0.2, -0.15) is 0 Å². The van der Waals surface area contributed by atoms with Gasteiger partial charge in [0.25, 0.3) is 5.91 Å². The topological polar surface area (TPSA) is 70.7 Å². The van der Waals surface area contributed by atoms with Crippen LogP contribution in [0.15, 0.2) is 42.5 Å². The van der Waals surface area contributed by atoms with E-state index in [1.54, 1.807) is 12.1 Å². The van der Waals surface area contributed by atoms with Crippen molar-refractivity contribution in [2.45, 2.75) is 0 Å². The maximum atomic E-state index is 13.7. The van der Waals surface area contributed by atoms with Crippen molar-refractivity contribution in [1.82, 2.24) is 5.32 Å². The fraction of sp³-hybridized carbons (Fsp3) is 0.222. The second-order valence-corrected chi connectivity index (χ2v) is 5.62. The van der Waals surface area contributed by atoms with Crippen LogP contribution in [-0.4, -0.2) is 38.6 Å². The van der Waals surface area contributed by atoms with Crippen molar-refractivity contribution in [3.63, 3.8) is 0 Å². The molecule has 2 amide bonds. The van der Waals surface area contributed by atoms with Gasteiger partial charge in [0.15, 0.2) is 11.6 Å². The van der Waals surface area contributed by atoms with Crippen molar-refractivity contribution in [1.29, 1.82) is 0 Å². The van der Waals surface area contributed by atoms with Crippen LogP contribution < -0.4 is 20.3 Å². The molecule has 1 aliphatic rings. The molecule has 2 aromatic rings. The van der Waals surface area contributed by atoms with Crippen LogP contribution in [0.3, 0.4) is 0 Å². The molecule has 1 heterocycles. The first kappa shape index (κ1) is 16.8. The molecule has 1 aliphatic heterocycles. The van der Waals surface area contributed by atoms with E-state index in [2.05, 4.69) is 10.6 Å². The first-order valence-corrected chi connectivity index (χ1v) is 7.83. The molecular weight excluding hydrogens is 325 g/mol. The molecule has 2 aromatic carbocycles. The second kappa shape index (κ2) is 7.21. The molecule has 3 rings (SSSR count). The molecule has 0 atom stereocenters. The highest BCUT2D eigenvalue weighted by molar-refractivity contribution is 6.04. The fourth-order valence-corrected chi connectivity index (χ4v) is 2.63. The molecule has 0 saturated carbocycles. The van der Waals surface area contributed by atoms with Gasteiger partial charge in [0.05, 0.1) is 13.7 Å². The summed E-state index contributed by atoms with van der Waals surface area (Å²) in [6, 6.07) is 11.2. The molecule has 2 N–H and O–H groups in total. The standard InChI is InChI=1S/C18H18FN3O3/c1-25-16-7-2-12(10-15(16)19)18(24)21-13-3-5-14(6-4-13)22-9-8-20-17(23)11-22/h2-7,10H,8-9,11H2,1H3,(H,20,23)(H,21,24). The third kappa shape index (κ3) is 3.88. The number of hydrogen-bond acceptors (Lipinski definition) is 4. The average molecular weight is 343 g/mol. The van der Waals surface area contributed by atoms with Crippen LogP contribution in [0.25, 0.3) is 0 Å². The number of amides is 2. The number of rotatable bonds is 4. The molecule has 130 valence electrons. The van der Waals surface area contributed by atoms with Gasteiger partial charge in [-0.05, 0) is 42.5 Å². The predicted octanol–water partition coefficient (Wildman–Crippen LogP) is 2.02. The van der Waals surface area contributed by atoms with Crippen molar-refractivity contribution >= 4 is 23.2 Å².